The van der Waals surface area contributed by atoms with Crippen LogP contribution in [0.25, 0.3) is 0 Å². The van der Waals surface area contributed by atoms with Crippen LogP contribution in [0.2, 0.25) is 0 Å². The van der Waals surface area contributed by atoms with Crippen LogP contribution in [0.5, 0.6) is 0 Å². The number of hydrogen-bond acceptors (Lipinski definition) is 3. The normalized spacial score (nSPS) is 19.6. The van der Waals surface area contributed by atoms with Crippen LogP contribution in [0.4, 0.5) is 0 Å². The Morgan fingerprint density at radius 2 is 1.31 bits per heavy atom. The van der Waals surface area contributed by atoms with E-state index in [0.29, 0.717) is 5.01 Å². The number of nitrogens with zero attached hydrogens (tertiary/aromatic N) is 1. The molecule has 160 valence electrons. The van der Waals surface area contributed by atoms with E-state index in [0.717, 1.165) is 25.4 Å². The maximum atomic E-state index is 13.4. The van der Waals surface area contributed by atoms with Gasteiger partial charge in [0.05, 0.1) is 0 Å². The monoisotopic (exact) mass is 455 g/mol. The summed E-state index contributed by atoms with van der Waals surface area (Å²) in [5.41, 5.74) is 0. The number of hydrogen-bond donors (Lipinski definition) is 0. The van der Waals surface area contributed by atoms with Gasteiger partial charge in [0.2, 0.25) is 0 Å². The first kappa shape index (κ1) is 21.0. The summed E-state index contributed by atoms with van der Waals surface area (Å²) < 4.78 is 0. The number of rotatable bonds is 5. The number of aromatic nitrogens is 1. The summed E-state index contributed by atoms with van der Waals surface area (Å²) in [4.78, 5) is 17.7. The first-order valence-electron chi connectivity index (χ1n) is 11.1. The van der Waals surface area contributed by atoms with Crippen LogP contribution >= 0.6 is 17.9 Å². The third kappa shape index (κ3) is 3.11. The quantitative estimate of drug-likeness (QED) is 0.212. The van der Waals surface area contributed by atoms with Crippen molar-refractivity contribution in [3.63, 3.8) is 0 Å². The number of thiazole rings is 1. The van der Waals surface area contributed by atoms with Crippen LogP contribution < -0.4 is 15.9 Å². The zero-order valence-corrected chi connectivity index (χ0v) is 19.6. The van der Waals surface area contributed by atoms with Gasteiger partial charge in [0.1, 0.15) is 0 Å². The molecule has 2 heterocycles. The van der Waals surface area contributed by atoms with Crippen molar-refractivity contribution in [2.24, 2.45) is 0 Å². The molecule has 0 radical (unpaired) electrons. The van der Waals surface area contributed by atoms with Gasteiger partial charge in [-0.25, -0.2) is 0 Å². The van der Waals surface area contributed by atoms with E-state index >= 15 is 0 Å². The van der Waals surface area contributed by atoms with Crippen LogP contribution in [0.3, 0.4) is 0 Å². The summed E-state index contributed by atoms with van der Waals surface area (Å²) in [6.07, 6.45) is 7.86. The molecule has 1 aliphatic rings. The third-order valence-corrected chi connectivity index (χ3v) is 14.8. The Labute approximate surface area is 193 Å². The van der Waals surface area contributed by atoms with Gasteiger partial charge >= 0.3 is 194 Å². The first-order chi connectivity index (χ1) is 15.8. The Bertz CT molecular complexity index is 1140. The molecule has 0 bridgehead atoms. The summed E-state index contributed by atoms with van der Waals surface area (Å²) in [6.45, 7) is -3.07. The third-order valence-electron chi connectivity index (χ3n) is 6.84. The van der Waals surface area contributed by atoms with Crippen LogP contribution in [0.1, 0.15) is 29.1 Å². The Kier molecular flexibility index (Phi) is 5.63. The van der Waals surface area contributed by atoms with Crippen molar-refractivity contribution in [2.75, 3.05) is 6.16 Å². The average Bonchev–Trinajstić information content (AvgIpc) is 3.42. The second-order valence-corrected chi connectivity index (χ2v) is 14.4. The van der Waals surface area contributed by atoms with Gasteiger partial charge in [0, 0.05) is 0 Å². The molecule has 2 nitrogen and oxygen atoms in total. The Hall–Kier alpha value is -2.87. The van der Waals surface area contributed by atoms with E-state index in [1.54, 1.807) is 6.20 Å². The molecule has 0 N–H and O–H groups in total. The van der Waals surface area contributed by atoms with Crippen molar-refractivity contribution in [1.29, 1.82) is 0 Å². The van der Waals surface area contributed by atoms with Crippen LogP contribution in [0, 0.1) is 0 Å². The molecule has 0 saturated carbocycles. The predicted molar refractivity (Wildman–Crippen MR) is 138 cm³/mol. The molecule has 32 heavy (non-hydrogen) atoms. The van der Waals surface area contributed by atoms with Gasteiger partial charge in [-0.05, 0) is 0 Å². The van der Waals surface area contributed by atoms with Gasteiger partial charge in [0.25, 0.3) is 0 Å². The molecule has 4 aromatic rings. The zero-order chi connectivity index (χ0) is 21.9. The van der Waals surface area contributed by atoms with Gasteiger partial charge < -0.3 is 0 Å². The number of allylic oxidation sites excluding steroid dienone is 2. The molecule has 0 spiro atoms. The van der Waals surface area contributed by atoms with Crippen molar-refractivity contribution in [2.45, 2.75) is 19.3 Å². The molecule has 0 amide bonds. The summed E-state index contributed by atoms with van der Waals surface area (Å²) in [5, 5.41) is 7.74. The second kappa shape index (κ2) is 8.58. The molecule has 1 aromatic heterocycles. The summed E-state index contributed by atoms with van der Waals surface area (Å²) in [7, 11) is 0. The van der Waals surface area contributed by atoms with Crippen molar-refractivity contribution in [1.82, 2.24) is 4.98 Å². The molecule has 4 heteroatoms. The SMILES string of the molecule is O=C(/C=C1\CCCCP1(c1ccccc1)(c1ccccc1)c1ccccc1)c1nccs1. The Morgan fingerprint density at radius 1 is 0.781 bits per heavy atom. The molecule has 0 aliphatic carbocycles. The van der Waals surface area contributed by atoms with E-state index in [9.17, 15) is 4.79 Å². The fourth-order valence-electron chi connectivity index (χ4n) is 5.50. The Morgan fingerprint density at radius 3 is 1.78 bits per heavy atom. The summed E-state index contributed by atoms with van der Waals surface area (Å²) in [5.74, 6) is 0.0219. The van der Waals surface area contributed by atoms with Crippen LogP contribution in [0.15, 0.2) is 114 Å². The molecule has 1 fully saturated rings. The fourth-order valence-corrected chi connectivity index (χ4v) is 13.4. The molecular weight excluding hydrogens is 429 g/mol. The second-order valence-electron chi connectivity index (χ2n) is 8.33. The summed E-state index contributed by atoms with van der Waals surface area (Å²) in [6, 6.07) is 32.8. The standard InChI is InChI=1S/C28H26NOPS/c30-27(28-29-19-21-32-28)22-26-18-10-11-20-31(26,23-12-4-1-5-13-23,24-14-6-2-7-15-24)25-16-8-3-9-17-25/h1-9,12-17,19,21-22H,10-11,18,20H2/b26-22+. The van der Waals surface area contributed by atoms with Crippen molar-refractivity contribution < 1.29 is 4.79 Å². The number of carbonyl (C=O) groups excluding carboxylic acids is 1. The van der Waals surface area contributed by atoms with E-state index in [2.05, 4.69) is 96.0 Å². The van der Waals surface area contributed by atoms with Gasteiger partial charge in [-0.1, -0.05) is 0 Å². The first-order valence-corrected chi connectivity index (χ1v) is 14.4. The molecule has 3 aromatic carbocycles. The van der Waals surface area contributed by atoms with Gasteiger partial charge in [-0.2, -0.15) is 0 Å². The van der Waals surface area contributed by atoms with Crippen molar-refractivity contribution >= 4 is 39.6 Å². The van der Waals surface area contributed by atoms with E-state index in [1.807, 2.05) is 11.5 Å². The number of ketones is 1. The molecule has 1 saturated heterocycles. The molecule has 1 aliphatic heterocycles. The molecule has 5 rings (SSSR count). The zero-order valence-electron chi connectivity index (χ0n) is 17.9. The van der Waals surface area contributed by atoms with E-state index in [-0.39, 0.29) is 5.78 Å². The van der Waals surface area contributed by atoms with E-state index in [1.165, 1.54) is 32.6 Å². The molecule has 0 unspecified atom stereocenters. The average molecular weight is 456 g/mol. The molecular formula is C28H26NOPS. The Balaban J connectivity index is 1.92. The number of benzene rings is 3. The summed E-state index contributed by atoms with van der Waals surface area (Å²) >= 11 is 1.42. The van der Waals surface area contributed by atoms with Crippen LogP contribution in [-0.2, 0) is 0 Å². The molecule has 0 atom stereocenters. The predicted octanol–water partition coefficient (Wildman–Crippen LogP) is 5.92. The van der Waals surface area contributed by atoms with Crippen molar-refractivity contribution in [3.8, 4) is 0 Å². The van der Waals surface area contributed by atoms with Gasteiger partial charge in [0.15, 0.2) is 0 Å². The van der Waals surface area contributed by atoms with E-state index < -0.39 is 6.60 Å². The van der Waals surface area contributed by atoms with Gasteiger partial charge in [-0.15, -0.1) is 0 Å². The van der Waals surface area contributed by atoms with Gasteiger partial charge in [-0.3, -0.25) is 0 Å². The van der Waals surface area contributed by atoms with E-state index in [4.69, 9.17) is 0 Å². The minimum absolute atomic E-state index is 0.0219. The topological polar surface area (TPSA) is 30.0 Å². The van der Waals surface area contributed by atoms with Crippen LogP contribution in [-0.4, -0.2) is 16.9 Å². The maximum absolute atomic E-state index is 13.4. The fraction of sp³-hybridized carbons (Fsp3) is 0.143. The van der Waals surface area contributed by atoms with Crippen molar-refractivity contribution in [3.05, 3.63) is 119 Å². The minimum atomic E-state index is -3.07. The number of carbonyl (C=O) groups is 1.